The van der Waals surface area contributed by atoms with Crippen molar-refractivity contribution in [2.45, 2.75) is 26.0 Å². The van der Waals surface area contributed by atoms with Gasteiger partial charge in [0.25, 0.3) is 0 Å². The number of fused-ring (bicyclic) bond motifs is 1. The Kier molecular flexibility index (Phi) is 4.03. The zero-order chi connectivity index (χ0) is 14.8. The first-order valence-electron chi connectivity index (χ1n) is 6.92. The highest BCUT2D eigenvalue weighted by Crippen LogP contribution is 2.21. The van der Waals surface area contributed by atoms with E-state index in [0.29, 0.717) is 12.1 Å². The molecule has 2 aromatic heterocycles. The summed E-state index contributed by atoms with van der Waals surface area (Å²) in [5.41, 5.74) is 2.73. The summed E-state index contributed by atoms with van der Waals surface area (Å²) >= 11 is 3.35. The summed E-state index contributed by atoms with van der Waals surface area (Å²) in [7, 11) is 0. The third kappa shape index (κ3) is 2.84. The van der Waals surface area contributed by atoms with Crippen molar-refractivity contribution < 1.29 is 5.11 Å². The third-order valence-electron chi connectivity index (χ3n) is 3.52. The smallest absolute Gasteiger partial charge is 0.112 e. The summed E-state index contributed by atoms with van der Waals surface area (Å²) in [6.45, 7) is 2.91. The number of halogens is 1. The van der Waals surface area contributed by atoms with Crippen molar-refractivity contribution in [1.29, 1.82) is 0 Å². The molecule has 0 saturated carbocycles. The second-order valence-electron chi connectivity index (χ2n) is 4.88. The average molecular weight is 346 g/mol. The number of aromatic nitrogens is 3. The molecule has 0 fully saturated rings. The van der Waals surface area contributed by atoms with Gasteiger partial charge in [-0.3, -0.25) is 4.98 Å². The van der Waals surface area contributed by atoms with Gasteiger partial charge in [-0.05, 0) is 47.1 Å². The maximum absolute atomic E-state index is 10.4. The lowest BCUT2D eigenvalue weighted by Gasteiger charge is -2.11. The summed E-state index contributed by atoms with van der Waals surface area (Å²) in [6.07, 6.45) is 1.50. The number of rotatable bonds is 4. The van der Waals surface area contributed by atoms with Crippen molar-refractivity contribution in [3.63, 3.8) is 0 Å². The minimum absolute atomic E-state index is 0.456. The fourth-order valence-corrected chi connectivity index (χ4v) is 2.73. The first kappa shape index (κ1) is 14.2. The largest absolute Gasteiger partial charge is 0.386 e. The molecule has 5 heteroatoms. The molecule has 108 valence electrons. The molecule has 0 radical (unpaired) electrons. The molecular weight excluding hydrogens is 330 g/mol. The second kappa shape index (κ2) is 5.95. The lowest BCUT2D eigenvalue weighted by atomic mass is 10.1. The van der Waals surface area contributed by atoms with E-state index < -0.39 is 6.10 Å². The summed E-state index contributed by atoms with van der Waals surface area (Å²) in [4.78, 5) is 8.88. The van der Waals surface area contributed by atoms with Gasteiger partial charge in [0.05, 0.1) is 16.7 Å². The minimum atomic E-state index is -0.653. The number of imidazole rings is 1. The van der Waals surface area contributed by atoms with Gasteiger partial charge in [0, 0.05) is 23.6 Å². The predicted octanol–water partition coefficient (Wildman–Crippen LogP) is 3.49. The Labute approximate surface area is 131 Å². The number of aryl methyl sites for hydroxylation is 1. The molecule has 2 heterocycles. The number of nitrogens with zero attached hydrogens (tertiary/aromatic N) is 3. The van der Waals surface area contributed by atoms with E-state index >= 15 is 0 Å². The summed E-state index contributed by atoms with van der Waals surface area (Å²) in [5.74, 6) is 0.885. The molecule has 0 aliphatic carbocycles. The van der Waals surface area contributed by atoms with Gasteiger partial charge in [-0.1, -0.05) is 12.1 Å². The number of pyridine rings is 1. The zero-order valence-electron chi connectivity index (χ0n) is 11.7. The fourth-order valence-electron chi connectivity index (χ4n) is 2.50. The molecule has 3 rings (SSSR count). The number of aliphatic hydroxyl groups excluding tert-OH is 1. The van der Waals surface area contributed by atoms with E-state index in [1.807, 2.05) is 30.3 Å². The van der Waals surface area contributed by atoms with E-state index in [0.717, 1.165) is 27.9 Å². The first-order valence-corrected chi connectivity index (χ1v) is 7.72. The Balaban J connectivity index is 1.92. The molecule has 21 heavy (non-hydrogen) atoms. The van der Waals surface area contributed by atoms with Crippen LogP contribution in [0.4, 0.5) is 0 Å². The van der Waals surface area contributed by atoms with E-state index in [-0.39, 0.29) is 0 Å². The highest BCUT2D eigenvalue weighted by molar-refractivity contribution is 9.10. The van der Waals surface area contributed by atoms with E-state index in [1.54, 1.807) is 6.20 Å². The van der Waals surface area contributed by atoms with Crippen LogP contribution in [0.5, 0.6) is 0 Å². The van der Waals surface area contributed by atoms with Crippen molar-refractivity contribution >= 4 is 27.0 Å². The predicted molar refractivity (Wildman–Crippen MR) is 86.0 cm³/mol. The molecule has 4 nitrogen and oxygen atoms in total. The Hall–Kier alpha value is -1.72. The van der Waals surface area contributed by atoms with E-state index in [1.165, 1.54) is 0 Å². The molecule has 0 bridgehead atoms. The van der Waals surface area contributed by atoms with Crippen LogP contribution in [0.1, 0.15) is 24.5 Å². The van der Waals surface area contributed by atoms with E-state index in [4.69, 9.17) is 0 Å². The molecule has 0 spiro atoms. The molecule has 1 N–H and O–H groups in total. The summed E-state index contributed by atoms with van der Waals surface area (Å²) < 4.78 is 3.04. The van der Waals surface area contributed by atoms with Gasteiger partial charge in [0.2, 0.25) is 0 Å². The molecule has 0 aliphatic heterocycles. The van der Waals surface area contributed by atoms with Crippen molar-refractivity contribution in [3.8, 4) is 0 Å². The van der Waals surface area contributed by atoms with Gasteiger partial charge in [0.1, 0.15) is 11.9 Å². The number of hydrogen-bond acceptors (Lipinski definition) is 3. The Morgan fingerprint density at radius 3 is 2.76 bits per heavy atom. The molecule has 0 aliphatic rings. The molecule has 1 aromatic carbocycles. The normalized spacial score (nSPS) is 12.7. The molecular formula is C16H16BrN3O. The topological polar surface area (TPSA) is 50.9 Å². The van der Waals surface area contributed by atoms with Gasteiger partial charge in [-0.25, -0.2) is 4.98 Å². The fraction of sp³-hybridized carbons (Fsp3) is 0.250. The van der Waals surface area contributed by atoms with Crippen LogP contribution in [-0.2, 0) is 13.0 Å². The van der Waals surface area contributed by atoms with Gasteiger partial charge in [-0.2, -0.15) is 0 Å². The van der Waals surface area contributed by atoms with E-state index in [9.17, 15) is 5.11 Å². The van der Waals surface area contributed by atoms with Crippen LogP contribution in [-0.4, -0.2) is 19.6 Å². The van der Waals surface area contributed by atoms with E-state index in [2.05, 4.69) is 43.5 Å². The lowest BCUT2D eigenvalue weighted by Crippen LogP contribution is -2.09. The van der Waals surface area contributed by atoms with Crippen LogP contribution in [0.3, 0.4) is 0 Å². The maximum Gasteiger partial charge on any atom is 0.112 e. The Morgan fingerprint density at radius 1 is 1.24 bits per heavy atom. The molecule has 3 aromatic rings. The number of benzene rings is 1. The quantitative estimate of drug-likeness (QED) is 0.787. The van der Waals surface area contributed by atoms with Crippen LogP contribution < -0.4 is 0 Å². The average Bonchev–Trinajstić information content (AvgIpc) is 2.84. The van der Waals surface area contributed by atoms with Gasteiger partial charge < -0.3 is 9.67 Å². The monoisotopic (exact) mass is 345 g/mol. The van der Waals surface area contributed by atoms with Crippen LogP contribution in [0.15, 0.2) is 47.1 Å². The molecule has 0 amide bonds. The molecule has 1 unspecified atom stereocenters. The minimum Gasteiger partial charge on any atom is -0.386 e. The van der Waals surface area contributed by atoms with Gasteiger partial charge >= 0.3 is 0 Å². The highest BCUT2D eigenvalue weighted by atomic mass is 79.9. The van der Waals surface area contributed by atoms with Gasteiger partial charge in [0.15, 0.2) is 0 Å². The van der Waals surface area contributed by atoms with Crippen molar-refractivity contribution in [1.82, 2.24) is 14.5 Å². The standard InChI is InChI=1S/C16H16BrN3O/c1-2-20-14-6-4-3-5-12(14)19-16(20)9-15(21)13-8-7-11(17)10-18-13/h3-8,10,15,21H,2,9H2,1H3. The summed E-state index contributed by atoms with van der Waals surface area (Å²) in [5, 5.41) is 10.4. The first-order chi connectivity index (χ1) is 10.2. The Morgan fingerprint density at radius 2 is 2.05 bits per heavy atom. The third-order valence-corrected chi connectivity index (χ3v) is 3.99. The van der Waals surface area contributed by atoms with Crippen molar-refractivity contribution in [2.75, 3.05) is 0 Å². The highest BCUT2D eigenvalue weighted by Gasteiger charge is 2.16. The number of para-hydroxylation sites is 2. The second-order valence-corrected chi connectivity index (χ2v) is 5.80. The van der Waals surface area contributed by atoms with Gasteiger partial charge in [-0.15, -0.1) is 0 Å². The van der Waals surface area contributed by atoms with Crippen LogP contribution in [0, 0.1) is 0 Å². The Bertz CT molecular complexity index is 752. The summed E-state index contributed by atoms with van der Waals surface area (Å²) in [6, 6.07) is 11.7. The lowest BCUT2D eigenvalue weighted by molar-refractivity contribution is 0.170. The van der Waals surface area contributed by atoms with Crippen LogP contribution >= 0.6 is 15.9 Å². The number of aliphatic hydroxyl groups is 1. The zero-order valence-corrected chi connectivity index (χ0v) is 13.3. The maximum atomic E-state index is 10.4. The molecule has 0 saturated heterocycles. The molecule has 1 atom stereocenters. The van der Waals surface area contributed by atoms with Crippen LogP contribution in [0.2, 0.25) is 0 Å². The van der Waals surface area contributed by atoms with Crippen molar-refractivity contribution in [2.24, 2.45) is 0 Å². The van der Waals surface area contributed by atoms with Crippen LogP contribution in [0.25, 0.3) is 11.0 Å². The van der Waals surface area contributed by atoms with Crippen molar-refractivity contribution in [3.05, 3.63) is 58.6 Å². The number of hydrogen-bond donors (Lipinski definition) is 1. The SMILES string of the molecule is CCn1c(CC(O)c2ccc(Br)cn2)nc2ccccc21.